The van der Waals surface area contributed by atoms with E-state index in [4.69, 9.17) is 0 Å². The van der Waals surface area contributed by atoms with Crippen LogP contribution in [0.4, 0.5) is 0 Å². The molecule has 0 N–H and O–H groups in total. The van der Waals surface area contributed by atoms with E-state index in [1.807, 2.05) is 20.8 Å². The molecule has 0 rings (SSSR count). The molecule has 0 aromatic heterocycles. The second kappa shape index (κ2) is 9.28. The van der Waals surface area contributed by atoms with Crippen molar-refractivity contribution in [3.63, 3.8) is 0 Å². The first kappa shape index (κ1) is 16.2. The summed E-state index contributed by atoms with van der Waals surface area (Å²) in [6, 6.07) is 0. The van der Waals surface area contributed by atoms with Gasteiger partial charge in [0.25, 0.3) is 0 Å². The average molecular weight is 236 g/mol. The van der Waals surface area contributed by atoms with Crippen molar-refractivity contribution in [3.8, 4) is 11.8 Å². The van der Waals surface area contributed by atoms with Crippen LogP contribution in [-0.2, 0) is 4.79 Å². The predicted molar refractivity (Wildman–Crippen MR) is 74.8 cm³/mol. The lowest BCUT2D eigenvalue weighted by Crippen LogP contribution is -2.21. The van der Waals surface area contributed by atoms with Gasteiger partial charge in [-0.1, -0.05) is 65.7 Å². The van der Waals surface area contributed by atoms with Gasteiger partial charge in [-0.25, -0.2) is 0 Å². The van der Waals surface area contributed by atoms with Gasteiger partial charge < -0.3 is 0 Å². The normalized spacial score (nSPS) is 10.8. The minimum Gasteiger partial charge on any atom is -0.284 e. The zero-order valence-corrected chi connectivity index (χ0v) is 12.1. The molecule has 0 spiro atoms. The third-order valence-electron chi connectivity index (χ3n) is 3.36. The lowest BCUT2D eigenvalue weighted by molar-refractivity contribution is -0.121. The average Bonchev–Trinajstić information content (AvgIpc) is 2.32. The Bertz CT molecular complexity index is 265. The molecule has 0 aliphatic rings. The quantitative estimate of drug-likeness (QED) is 0.338. The van der Waals surface area contributed by atoms with Gasteiger partial charge in [0.05, 0.1) is 0 Å². The van der Waals surface area contributed by atoms with Crippen LogP contribution >= 0.6 is 0 Å². The van der Waals surface area contributed by atoms with E-state index in [-0.39, 0.29) is 11.2 Å². The van der Waals surface area contributed by atoms with Gasteiger partial charge >= 0.3 is 0 Å². The first-order chi connectivity index (χ1) is 8.04. The van der Waals surface area contributed by atoms with Crippen LogP contribution in [0.25, 0.3) is 0 Å². The predicted octanol–water partition coefficient (Wildman–Crippen LogP) is 4.75. The third-order valence-corrected chi connectivity index (χ3v) is 3.36. The Morgan fingerprint density at radius 1 is 1.00 bits per heavy atom. The molecule has 1 heteroatoms. The molecule has 0 aliphatic carbocycles. The van der Waals surface area contributed by atoms with Gasteiger partial charge in [-0.2, -0.15) is 0 Å². The highest BCUT2D eigenvalue weighted by Crippen LogP contribution is 2.20. The molecule has 0 saturated heterocycles. The van der Waals surface area contributed by atoms with Gasteiger partial charge in [0.1, 0.15) is 0 Å². The molecule has 0 saturated carbocycles. The smallest absolute Gasteiger partial charge is 0.211 e. The Labute approximate surface area is 107 Å². The maximum Gasteiger partial charge on any atom is 0.211 e. The molecule has 0 radical (unpaired) electrons. The minimum atomic E-state index is -0.270. The zero-order valence-electron chi connectivity index (χ0n) is 12.1. The van der Waals surface area contributed by atoms with E-state index in [1.165, 1.54) is 32.1 Å². The topological polar surface area (TPSA) is 17.1 Å². The molecule has 0 aromatic carbocycles. The van der Waals surface area contributed by atoms with Crippen LogP contribution in [0, 0.1) is 17.3 Å². The molecule has 0 heterocycles. The number of carbonyl (C=O) groups is 1. The van der Waals surface area contributed by atoms with Crippen LogP contribution in [0.15, 0.2) is 0 Å². The standard InChI is InChI=1S/C16H28O/c1-5-7-8-9-10-11-12-13-14-15(17)16(3,4)6-2/h5-12H2,1-4H3. The first-order valence-corrected chi connectivity index (χ1v) is 7.08. The summed E-state index contributed by atoms with van der Waals surface area (Å²) in [6.07, 6.45) is 9.40. The van der Waals surface area contributed by atoms with E-state index in [2.05, 4.69) is 18.8 Å². The Morgan fingerprint density at radius 3 is 2.18 bits per heavy atom. The van der Waals surface area contributed by atoms with Gasteiger partial charge in [-0.3, -0.25) is 4.79 Å². The second-order valence-corrected chi connectivity index (χ2v) is 5.39. The highest BCUT2D eigenvalue weighted by atomic mass is 16.1. The lowest BCUT2D eigenvalue weighted by atomic mass is 9.85. The van der Waals surface area contributed by atoms with Crippen LogP contribution < -0.4 is 0 Å². The lowest BCUT2D eigenvalue weighted by Gasteiger charge is -2.16. The second-order valence-electron chi connectivity index (χ2n) is 5.39. The minimum absolute atomic E-state index is 0.0889. The molecule has 17 heavy (non-hydrogen) atoms. The fourth-order valence-corrected chi connectivity index (χ4v) is 1.47. The van der Waals surface area contributed by atoms with E-state index in [9.17, 15) is 4.79 Å². The van der Waals surface area contributed by atoms with Crippen LogP contribution in [0.1, 0.15) is 79.1 Å². The zero-order chi connectivity index (χ0) is 13.1. The van der Waals surface area contributed by atoms with Crippen LogP contribution in [0.2, 0.25) is 0 Å². The Kier molecular flexibility index (Phi) is 8.86. The van der Waals surface area contributed by atoms with Gasteiger partial charge in [-0.15, -0.1) is 0 Å². The molecule has 0 amide bonds. The van der Waals surface area contributed by atoms with Gasteiger partial charge in [-0.05, 0) is 18.8 Å². The highest BCUT2D eigenvalue weighted by Gasteiger charge is 2.22. The summed E-state index contributed by atoms with van der Waals surface area (Å²) in [6.45, 7) is 8.20. The fraction of sp³-hybridized carbons (Fsp3) is 0.812. The summed E-state index contributed by atoms with van der Waals surface area (Å²) < 4.78 is 0. The molecule has 1 nitrogen and oxygen atoms in total. The molecule has 0 bridgehead atoms. The highest BCUT2D eigenvalue weighted by molar-refractivity contribution is 5.99. The number of unbranched alkanes of at least 4 members (excludes halogenated alkanes) is 6. The van der Waals surface area contributed by atoms with Crippen molar-refractivity contribution in [3.05, 3.63) is 0 Å². The van der Waals surface area contributed by atoms with Crippen molar-refractivity contribution >= 4 is 5.78 Å². The van der Waals surface area contributed by atoms with Gasteiger partial charge in [0.15, 0.2) is 0 Å². The largest absolute Gasteiger partial charge is 0.284 e. The van der Waals surface area contributed by atoms with Gasteiger partial charge in [0.2, 0.25) is 5.78 Å². The number of carbonyl (C=O) groups excluding carboxylic acids is 1. The number of hydrogen-bond donors (Lipinski definition) is 0. The summed E-state index contributed by atoms with van der Waals surface area (Å²) in [7, 11) is 0. The Balaban J connectivity index is 3.65. The summed E-state index contributed by atoms with van der Waals surface area (Å²) in [5.41, 5.74) is -0.270. The van der Waals surface area contributed by atoms with E-state index in [0.29, 0.717) is 0 Å². The molecular formula is C16H28O. The fourth-order valence-electron chi connectivity index (χ4n) is 1.47. The molecule has 0 fully saturated rings. The first-order valence-electron chi connectivity index (χ1n) is 7.08. The van der Waals surface area contributed by atoms with E-state index in [1.54, 1.807) is 0 Å². The Morgan fingerprint density at radius 2 is 1.59 bits per heavy atom. The molecule has 0 aliphatic heterocycles. The molecular weight excluding hydrogens is 208 g/mol. The summed E-state index contributed by atoms with van der Waals surface area (Å²) >= 11 is 0. The summed E-state index contributed by atoms with van der Waals surface area (Å²) in [5, 5.41) is 0. The van der Waals surface area contributed by atoms with Crippen LogP contribution in [0.3, 0.4) is 0 Å². The van der Waals surface area contributed by atoms with E-state index in [0.717, 1.165) is 19.3 Å². The molecule has 0 unspecified atom stereocenters. The third kappa shape index (κ3) is 8.02. The van der Waals surface area contributed by atoms with E-state index < -0.39 is 0 Å². The maximum atomic E-state index is 11.7. The monoisotopic (exact) mass is 236 g/mol. The van der Waals surface area contributed by atoms with E-state index >= 15 is 0 Å². The molecule has 0 aromatic rings. The van der Waals surface area contributed by atoms with Gasteiger partial charge in [0, 0.05) is 11.8 Å². The number of Topliss-reactive ketones (excluding diaryl/α,β-unsaturated/α-hetero) is 1. The van der Waals surface area contributed by atoms with Crippen molar-refractivity contribution < 1.29 is 4.79 Å². The summed E-state index contributed by atoms with van der Waals surface area (Å²) in [4.78, 5) is 11.7. The number of hydrogen-bond acceptors (Lipinski definition) is 1. The van der Waals surface area contributed by atoms with Crippen LogP contribution in [-0.4, -0.2) is 5.78 Å². The Hall–Kier alpha value is -0.770. The SMILES string of the molecule is CCCCCCCCC#CC(=O)C(C)(C)CC. The number of rotatable bonds is 8. The van der Waals surface area contributed by atoms with Crippen molar-refractivity contribution in [1.82, 2.24) is 0 Å². The van der Waals surface area contributed by atoms with Crippen molar-refractivity contribution in [2.45, 2.75) is 79.1 Å². The number of ketones is 1. The maximum absolute atomic E-state index is 11.7. The van der Waals surface area contributed by atoms with Crippen LogP contribution in [0.5, 0.6) is 0 Å². The van der Waals surface area contributed by atoms with Crippen molar-refractivity contribution in [1.29, 1.82) is 0 Å². The molecule has 98 valence electrons. The van der Waals surface area contributed by atoms with Crippen molar-refractivity contribution in [2.75, 3.05) is 0 Å². The summed E-state index contributed by atoms with van der Waals surface area (Å²) in [5.74, 6) is 5.89. The van der Waals surface area contributed by atoms with Crippen molar-refractivity contribution in [2.24, 2.45) is 5.41 Å². The molecule has 0 atom stereocenters.